The van der Waals surface area contributed by atoms with Crippen molar-refractivity contribution in [2.45, 2.75) is 0 Å². The van der Waals surface area contributed by atoms with E-state index in [4.69, 9.17) is 0 Å². The molecule has 6 heteroatoms. The van der Waals surface area contributed by atoms with Gasteiger partial charge in [-0.05, 0) is 12.1 Å². The van der Waals surface area contributed by atoms with E-state index >= 15 is 0 Å². The molecule has 0 fully saturated rings. The summed E-state index contributed by atoms with van der Waals surface area (Å²) in [4.78, 5) is 6.27. The van der Waals surface area contributed by atoms with Crippen LogP contribution < -0.4 is 57.9 Å². The van der Waals surface area contributed by atoms with Crippen molar-refractivity contribution in [1.29, 1.82) is 0 Å². The van der Waals surface area contributed by atoms with Crippen LogP contribution in [0.2, 0.25) is 0 Å². The minimum Gasteiger partial charge on any atom is -0.872 e. The molecule has 0 spiro atoms. The predicted octanol–water partition coefficient (Wildman–Crippen LogP) is -6.50. The Bertz CT molecular complexity index is 837. The van der Waals surface area contributed by atoms with E-state index < -0.39 is 0 Å². The monoisotopic (exact) mass is 330 g/mol. The normalized spacial score (nSPS) is 10.5. The second kappa shape index (κ2) is 10.7. The zero-order chi connectivity index (χ0) is 16.8. The van der Waals surface area contributed by atoms with Crippen LogP contribution in [0.5, 0.6) is 11.5 Å². The third-order valence-electron chi connectivity index (χ3n) is 3.53. The van der Waals surface area contributed by atoms with Crippen LogP contribution in [0.1, 0.15) is 11.1 Å². The fourth-order valence-corrected chi connectivity index (χ4v) is 2.25. The SMILES string of the molecule is [Li+].[Li+].[O-]c1ccccc1C=[NH+]c1ccccc1[NH+]=Cc1ccccc1[O-]. The Morgan fingerprint density at radius 3 is 1.27 bits per heavy atom. The van der Waals surface area contributed by atoms with Crippen LogP contribution in [-0.4, -0.2) is 12.4 Å². The van der Waals surface area contributed by atoms with Gasteiger partial charge in [0.15, 0.2) is 12.4 Å². The van der Waals surface area contributed by atoms with Crippen molar-refractivity contribution < 1.29 is 57.9 Å². The quantitative estimate of drug-likeness (QED) is 0.369. The molecule has 3 aromatic carbocycles. The molecule has 0 atom stereocenters. The molecule has 0 aliphatic carbocycles. The van der Waals surface area contributed by atoms with Gasteiger partial charge in [0, 0.05) is 23.3 Å². The van der Waals surface area contributed by atoms with Crippen molar-refractivity contribution in [2.75, 3.05) is 0 Å². The van der Waals surface area contributed by atoms with Crippen molar-refractivity contribution in [3.63, 3.8) is 0 Å². The first kappa shape index (κ1) is 21.8. The van der Waals surface area contributed by atoms with Gasteiger partial charge < -0.3 is 10.2 Å². The second-order valence-corrected chi connectivity index (χ2v) is 5.20. The summed E-state index contributed by atoms with van der Waals surface area (Å²) in [6, 6.07) is 21.2. The van der Waals surface area contributed by atoms with Crippen molar-refractivity contribution in [2.24, 2.45) is 0 Å². The van der Waals surface area contributed by atoms with Crippen LogP contribution in [0.3, 0.4) is 0 Å². The van der Waals surface area contributed by atoms with Gasteiger partial charge in [0.05, 0.1) is 0 Å². The molecule has 0 amide bonds. The van der Waals surface area contributed by atoms with Crippen LogP contribution in [0.15, 0.2) is 72.8 Å². The second-order valence-electron chi connectivity index (χ2n) is 5.20. The van der Waals surface area contributed by atoms with Gasteiger partial charge in [-0.1, -0.05) is 60.0 Å². The molecular formula is C20H16Li2N2O2+2. The van der Waals surface area contributed by atoms with Gasteiger partial charge in [-0.2, -0.15) is 0 Å². The molecule has 4 nitrogen and oxygen atoms in total. The Labute approximate surface area is 176 Å². The summed E-state index contributed by atoms with van der Waals surface area (Å²) in [7, 11) is 0. The predicted molar refractivity (Wildman–Crippen MR) is 89.8 cm³/mol. The number of hydrogen-bond donors (Lipinski definition) is 2. The Morgan fingerprint density at radius 1 is 0.538 bits per heavy atom. The molecule has 26 heavy (non-hydrogen) atoms. The van der Waals surface area contributed by atoms with E-state index in [1.165, 1.54) is 12.1 Å². The number of nitrogens with one attached hydrogen (secondary N) is 2. The first-order valence-electron chi connectivity index (χ1n) is 7.54. The van der Waals surface area contributed by atoms with Crippen molar-refractivity contribution in [3.05, 3.63) is 83.9 Å². The number of benzene rings is 3. The van der Waals surface area contributed by atoms with Crippen LogP contribution in [0, 0.1) is 0 Å². The average Bonchev–Trinajstić information content (AvgIpc) is 2.61. The average molecular weight is 330 g/mol. The minimum absolute atomic E-state index is 0. The summed E-state index contributed by atoms with van der Waals surface area (Å²) in [5, 5.41) is 23.5. The van der Waals surface area contributed by atoms with Gasteiger partial charge >= 0.3 is 37.7 Å². The molecule has 0 aromatic heterocycles. The molecule has 0 radical (unpaired) electrons. The molecule has 0 aliphatic heterocycles. The summed E-state index contributed by atoms with van der Waals surface area (Å²) < 4.78 is 0. The van der Waals surface area contributed by atoms with E-state index in [1.54, 1.807) is 36.7 Å². The summed E-state index contributed by atoms with van der Waals surface area (Å²) in [5.41, 5.74) is 2.78. The van der Waals surface area contributed by atoms with E-state index in [2.05, 4.69) is 9.98 Å². The Hall–Kier alpha value is -2.21. The maximum atomic E-state index is 11.7. The molecule has 0 bridgehead atoms. The van der Waals surface area contributed by atoms with E-state index in [9.17, 15) is 10.2 Å². The fourth-order valence-electron chi connectivity index (χ4n) is 2.25. The van der Waals surface area contributed by atoms with Gasteiger partial charge in [0.2, 0.25) is 0 Å². The van der Waals surface area contributed by atoms with Crippen molar-refractivity contribution in [3.8, 4) is 11.5 Å². The van der Waals surface area contributed by atoms with Gasteiger partial charge in [0.1, 0.15) is 0 Å². The van der Waals surface area contributed by atoms with Crippen molar-refractivity contribution in [1.82, 2.24) is 0 Å². The van der Waals surface area contributed by atoms with E-state index in [-0.39, 0.29) is 49.2 Å². The van der Waals surface area contributed by atoms with Gasteiger partial charge in [-0.25, -0.2) is 9.98 Å². The van der Waals surface area contributed by atoms with E-state index in [0.29, 0.717) is 11.1 Å². The zero-order valence-corrected chi connectivity index (χ0v) is 14.9. The van der Waals surface area contributed by atoms with Crippen LogP contribution in [-0.2, 0) is 0 Å². The molecule has 2 N–H and O–H groups in total. The maximum absolute atomic E-state index is 11.7. The van der Waals surface area contributed by atoms with Crippen molar-refractivity contribution >= 4 is 23.8 Å². The zero-order valence-electron chi connectivity index (χ0n) is 14.9. The molecule has 0 saturated carbocycles. The topological polar surface area (TPSA) is 74.1 Å². The Morgan fingerprint density at radius 2 is 0.885 bits per heavy atom. The first-order valence-corrected chi connectivity index (χ1v) is 7.54. The van der Waals surface area contributed by atoms with Crippen LogP contribution in [0.4, 0.5) is 11.4 Å². The van der Waals surface area contributed by atoms with Gasteiger partial charge in [-0.15, -0.1) is 0 Å². The minimum atomic E-state index is -0.0396. The third-order valence-corrected chi connectivity index (χ3v) is 3.53. The van der Waals surface area contributed by atoms with Crippen LogP contribution in [0.25, 0.3) is 0 Å². The fraction of sp³-hybridized carbons (Fsp3) is 0. The van der Waals surface area contributed by atoms with Gasteiger partial charge in [-0.3, -0.25) is 0 Å². The summed E-state index contributed by atoms with van der Waals surface area (Å²) in [5.74, 6) is -0.0791. The number of rotatable bonds is 4. The number of para-hydroxylation sites is 4. The largest absolute Gasteiger partial charge is 1.00 e. The molecule has 118 valence electrons. The molecule has 0 heterocycles. The van der Waals surface area contributed by atoms with E-state index in [0.717, 1.165) is 11.4 Å². The standard InChI is InChI=1S/C20H16N2O2.2Li/c23-19-11-5-1-7-15(19)13-21-17-9-3-4-10-18(17)22-14-16-8-2-6-12-20(16)24;;/h1-14,23-24H;;/q;2*+1. The smallest absolute Gasteiger partial charge is 0.872 e. The van der Waals surface area contributed by atoms with Gasteiger partial charge in [0.25, 0.3) is 11.4 Å². The maximum Gasteiger partial charge on any atom is 1.00 e. The molecular weight excluding hydrogens is 314 g/mol. The summed E-state index contributed by atoms with van der Waals surface area (Å²) >= 11 is 0. The summed E-state index contributed by atoms with van der Waals surface area (Å²) in [6.07, 6.45) is 3.34. The molecule has 3 rings (SSSR count). The Kier molecular flexibility index (Phi) is 9.00. The number of hydrogen-bond acceptors (Lipinski definition) is 2. The molecule has 0 saturated heterocycles. The van der Waals surface area contributed by atoms with E-state index in [1.807, 2.05) is 36.4 Å². The third kappa shape index (κ3) is 5.66. The summed E-state index contributed by atoms with van der Waals surface area (Å²) in [6.45, 7) is 0. The molecule has 0 unspecified atom stereocenters. The molecule has 0 aliphatic rings. The van der Waals surface area contributed by atoms with Crippen LogP contribution >= 0.6 is 0 Å². The molecule has 3 aromatic rings. The Balaban J connectivity index is 0.00000169. The first-order chi connectivity index (χ1) is 11.7.